The maximum atomic E-state index is 12.0. The van der Waals surface area contributed by atoms with E-state index in [1.807, 2.05) is 38.1 Å². The van der Waals surface area contributed by atoms with E-state index in [1.54, 1.807) is 0 Å². The average molecular weight is 353 g/mol. The van der Waals surface area contributed by atoms with Gasteiger partial charge in [-0.2, -0.15) is 0 Å². The Morgan fingerprint density at radius 1 is 1.12 bits per heavy atom. The van der Waals surface area contributed by atoms with Crippen LogP contribution in [0.3, 0.4) is 0 Å². The normalized spacial score (nSPS) is 13.0. The number of hydrogen-bond donors (Lipinski definition) is 2. The lowest BCUT2D eigenvalue weighted by molar-refractivity contribution is -0.139. The summed E-state index contributed by atoms with van der Waals surface area (Å²) in [5.74, 6) is -0.890. The van der Waals surface area contributed by atoms with Crippen molar-refractivity contribution in [1.82, 2.24) is 5.32 Å². The Hall–Kier alpha value is -2.82. The number of ether oxygens (including phenoxy) is 1. The summed E-state index contributed by atoms with van der Waals surface area (Å²) in [6.07, 6.45) is 0.476. The molecular formula is C21H23NO4. The third-order valence-corrected chi connectivity index (χ3v) is 4.60. The molecule has 0 saturated heterocycles. The fraction of sp³-hybridized carbons (Fsp3) is 0.333. The van der Waals surface area contributed by atoms with Gasteiger partial charge in [-0.3, -0.25) is 0 Å². The van der Waals surface area contributed by atoms with Crippen LogP contribution in [0.4, 0.5) is 4.79 Å². The molecule has 5 nitrogen and oxygen atoms in total. The molecule has 3 rings (SSSR count). The summed E-state index contributed by atoms with van der Waals surface area (Å²) in [6, 6.07) is 13.3. The van der Waals surface area contributed by atoms with E-state index in [0.29, 0.717) is 6.42 Å². The van der Waals surface area contributed by atoms with Crippen LogP contribution in [0.5, 0.6) is 0 Å². The predicted octanol–water partition coefficient (Wildman–Crippen LogP) is 3.98. The molecule has 136 valence electrons. The molecule has 26 heavy (non-hydrogen) atoms. The van der Waals surface area contributed by atoms with Crippen LogP contribution >= 0.6 is 0 Å². The van der Waals surface area contributed by atoms with E-state index in [2.05, 4.69) is 23.5 Å². The van der Waals surface area contributed by atoms with Crippen LogP contribution < -0.4 is 5.32 Å². The van der Waals surface area contributed by atoms with Gasteiger partial charge >= 0.3 is 12.1 Å². The minimum atomic E-state index is -1.05. The molecule has 0 saturated carbocycles. The molecule has 2 aromatic rings. The molecule has 1 unspecified atom stereocenters. The van der Waals surface area contributed by atoms with E-state index < -0.39 is 18.1 Å². The molecule has 5 heteroatoms. The van der Waals surface area contributed by atoms with Crippen LogP contribution in [-0.2, 0) is 22.6 Å². The second-order valence-corrected chi connectivity index (χ2v) is 7.02. The average Bonchev–Trinajstić information content (AvgIpc) is 2.98. The number of hydrogen-bond acceptors (Lipinski definition) is 3. The molecule has 0 radical (unpaired) electrons. The van der Waals surface area contributed by atoms with Gasteiger partial charge in [-0.25, -0.2) is 9.59 Å². The molecular weight excluding hydrogens is 330 g/mol. The zero-order chi connectivity index (χ0) is 18.7. The summed E-state index contributed by atoms with van der Waals surface area (Å²) in [5.41, 5.74) is 5.77. The number of carboxylic acid groups (broad SMARTS) is 1. The van der Waals surface area contributed by atoms with Crippen LogP contribution in [0.2, 0.25) is 0 Å². The van der Waals surface area contributed by atoms with E-state index in [-0.39, 0.29) is 12.5 Å². The Balaban J connectivity index is 1.66. The fourth-order valence-electron chi connectivity index (χ4n) is 3.38. The van der Waals surface area contributed by atoms with Crippen LogP contribution in [0.25, 0.3) is 11.1 Å². The molecule has 0 spiro atoms. The smallest absolute Gasteiger partial charge is 0.408 e. The Labute approximate surface area is 153 Å². The minimum absolute atomic E-state index is 0.122. The van der Waals surface area contributed by atoms with E-state index in [4.69, 9.17) is 4.74 Å². The van der Waals surface area contributed by atoms with Crippen LogP contribution in [-0.4, -0.2) is 23.2 Å². The highest BCUT2D eigenvalue weighted by Gasteiger charge is 2.23. The van der Waals surface area contributed by atoms with Crippen molar-refractivity contribution in [2.24, 2.45) is 5.92 Å². The van der Waals surface area contributed by atoms with E-state index in [0.717, 1.165) is 12.0 Å². The van der Waals surface area contributed by atoms with Crippen molar-refractivity contribution in [1.29, 1.82) is 0 Å². The number of nitrogens with one attached hydrogen (secondary N) is 1. The number of carbonyl (C=O) groups excluding carboxylic acids is 1. The number of amides is 1. The highest BCUT2D eigenvalue weighted by Crippen LogP contribution is 2.38. The van der Waals surface area contributed by atoms with Crippen molar-refractivity contribution in [3.05, 3.63) is 59.2 Å². The maximum Gasteiger partial charge on any atom is 0.408 e. The number of aliphatic carboxylic acids is 1. The summed E-state index contributed by atoms with van der Waals surface area (Å²) in [4.78, 5) is 23.3. The monoisotopic (exact) mass is 353 g/mol. The van der Waals surface area contributed by atoms with Gasteiger partial charge in [0.05, 0.1) is 0 Å². The molecule has 2 N–H and O–H groups in total. The van der Waals surface area contributed by atoms with Gasteiger partial charge in [0.25, 0.3) is 0 Å². The molecule has 0 fully saturated rings. The van der Waals surface area contributed by atoms with Crippen molar-refractivity contribution in [3.63, 3.8) is 0 Å². The summed E-state index contributed by atoms with van der Waals surface area (Å²) < 4.78 is 5.30. The lowest BCUT2D eigenvalue weighted by Gasteiger charge is -2.17. The molecule has 2 aromatic carbocycles. The first-order valence-electron chi connectivity index (χ1n) is 8.81. The van der Waals surface area contributed by atoms with Crippen LogP contribution in [0, 0.1) is 5.92 Å². The quantitative estimate of drug-likeness (QED) is 0.703. The van der Waals surface area contributed by atoms with Gasteiger partial charge < -0.3 is 15.2 Å². The van der Waals surface area contributed by atoms with Gasteiger partial charge in [0.1, 0.15) is 12.6 Å². The summed E-state index contributed by atoms with van der Waals surface area (Å²) in [6.45, 7) is 3.94. The maximum absolute atomic E-state index is 12.0. The first-order valence-corrected chi connectivity index (χ1v) is 8.81. The summed E-state index contributed by atoms with van der Waals surface area (Å²) in [7, 11) is 0. The molecule has 0 heterocycles. The molecule has 1 aliphatic rings. The topological polar surface area (TPSA) is 75.6 Å². The van der Waals surface area contributed by atoms with Crippen molar-refractivity contribution in [2.45, 2.75) is 39.3 Å². The zero-order valence-electron chi connectivity index (χ0n) is 15.0. The number of carbonyl (C=O) groups is 2. The first kappa shape index (κ1) is 18.0. The third kappa shape index (κ3) is 3.87. The van der Waals surface area contributed by atoms with Crippen molar-refractivity contribution in [3.8, 4) is 11.1 Å². The second-order valence-electron chi connectivity index (χ2n) is 7.02. The number of carboxylic acids is 1. The molecule has 1 aliphatic carbocycles. The number of alkyl carbamates (subject to hydrolysis) is 1. The fourth-order valence-corrected chi connectivity index (χ4v) is 3.38. The predicted molar refractivity (Wildman–Crippen MR) is 98.9 cm³/mol. The molecule has 0 bridgehead atoms. The van der Waals surface area contributed by atoms with E-state index in [1.165, 1.54) is 22.3 Å². The van der Waals surface area contributed by atoms with E-state index >= 15 is 0 Å². The molecule has 1 amide bonds. The highest BCUT2D eigenvalue weighted by atomic mass is 16.5. The molecule has 0 aromatic heterocycles. The number of rotatable bonds is 6. The Morgan fingerprint density at radius 2 is 1.85 bits per heavy atom. The Bertz CT molecular complexity index is 829. The van der Waals surface area contributed by atoms with Gasteiger partial charge in [-0.1, -0.05) is 56.3 Å². The largest absolute Gasteiger partial charge is 0.480 e. The van der Waals surface area contributed by atoms with Crippen LogP contribution in [0.15, 0.2) is 42.5 Å². The lowest BCUT2D eigenvalue weighted by Crippen LogP contribution is -2.41. The standard InChI is InChI=1S/C21H23NO4/c1-13(2)10-19(20(23)24)22-21(25)26-12-15-7-5-9-17-16-8-4-3-6-14(16)11-18(15)17/h3-9,13,19H,10-12H2,1-2H3,(H,22,25)(H,23,24). The zero-order valence-corrected chi connectivity index (χ0v) is 15.0. The molecule has 1 atom stereocenters. The van der Waals surface area contributed by atoms with Crippen LogP contribution in [0.1, 0.15) is 37.0 Å². The van der Waals surface area contributed by atoms with E-state index in [9.17, 15) is 14.7 Å². The van der Waals surface area contributed by atoms with Gasteiger partial charge in [0, 0.05) is 0 Å². The summed E-state index contributed by atoms with van der Waals surface area (Å²) >= 11 is 0. The molecule has 0 aliphatic heterocycles. The lowest BCUT2D eigenvalue weighted by atomic mass is 10.0. The Morgan fingerprint density at radius 3 is 2.58 bits per heavy atom. The highest BCUT2D eigenvalue weighted by molar-refractivity contribution is 5.80. The van der Waals surface area contributed by atoms with Crippen molar-refractivity contribution >= 4 is 12.1 Å². The first-order chi connectivity index (χ1) is 12.5. The Kier molecular flexibility index (Phi) is 5.26. The third-order valence-electron chi connectivity index (χ3n) is 4.60. The number of fused-ring (bicyclic) bond motifs is 3. The van der Waals surface area contributed by atoms with Crippen molar-refractivity contribution < 1.29 is 19.4 Å². The van der Waals surface area contributed by atoms with Gasteiger partial charge in [0.2, 0.25) is 0 Å². The second kappa shape index (κ2) is 7.60. The minimum Gasteiger partial charge on any atom is -0.480 e. The van der Waals surface area contributed by atoms with Gasteiger partial charge in [0.15, 0.2) is 0 Å². The van der Waals surface area contributed by atoms with Gasteiger partial charge in [-0.15, -0.1) is 0 Å². The summed E-state index contributed by atoms with van der Waals surface area (Å²) in [5, 5.41) is 11.7. The van der Waals surface area contributed by atoms with Crippen molar-refractivity contribution in [2.75, 3.05) is 0 Å². The van der Waals surface area contributed by atoms with Gasteiger partial charge in [-0.05, 0) is 46.6 Å². The SMILES string of the molecule is CC(C)CC(NC(=O)OCc1cccc2c1Cc1ccccc1-2)C(=O)O. The number of benzene rings is 2.